The molecule has 0 radical (unpaired) electrons. The second-order valence-electron chi connectivity index (χ2n) is 4.86. The molecule has 0 aromatic carbocycles. The molecule has 1 aliphatic heterocycles. The Morgan fingerprint density at radius 2 is 2.17 bits per heavy atom. The lowest BCUT2D eigenvalue weighted by Crippen LogP contribution is -2.37. The molecule has 2 rings (SSSR count). The maximum atomic E-state index is 14.1. The number of hydrogen-bond acceptors (Lipinski definition) is 3. The zero-order valence-corrected chi connectivity index (χ0v) is 11.2. The van der Waals surface area contributed by atoms with Gasteiger partial charge in [-0.3, -0.25) is 0 Å². The molecule has 18 heavy (non-hydrogen) atoms. The van der Waals surface area contributed by atoms with Crippen LogP contribution in [-0.4, -0.2) is 31.3 Å². The van der Waals surface area contributed by atoms with E-state index in [2.05, 4.69) is 18.8 Å². The first-order valence-corrected chi connectivity index (χ1v) is 6.70. The molecule has 0 saturated carbocycles. The first kappa shape index (κ1) is 13.3. The van der Waals surface area contributed by atoms with Gasteiger partial charge in [0.05, 0.1) is 13.2 Å². The van der Waals surface area contributed by atoms with Crippen LogP contribution in [0.2, 0.25) is 0 Å². The summed E-state index contributed by atoms with van der Waals surface area (Å²) in [5.74, 6) is 0.624. The average molecular weight is 252 g/mol. The molecular formula is C14H21FN2O. The number of aromatic nitrogens is 1. The van der Waals surface area contributed by atoms with Gasteiger partial charge >= 0.3 is 0 Å². The van der Waals surface area contributed by atoms with Crippen molar-refractivity contribution in [2.75, 3.05) is 31.2 Å². The highest BCUT2D eigenvalue weighted by Gasteiger charge is 2.17. The van der Waals surface area contributed by atoms with Crippen molar-refractivity contribution < 1.29 is 9.13 Å². The number of nitrogens with zero attached hydrogens (tertiary/aromatic N) is 2. The van der Waals surface area contributed by atoms with Crippen molar-refractivity contribution in [3.05, 3.63) is 23.6 Å². The van der Waals surface area contributed by atoms with Crippen LogP contribution in [0.5, 0.6) is 0 Å². The molecule has 0 aliphatic carbocycles. The van der Waals surface area contributed by atoms with Crippen LogP contribution in [0.4, 0.5) is 10.2 Å². The van der Waals surface area contributed by atoms with Crippen LogP contribution >= 0.6 is 0 Å². The number of hydrogen-bond donors (Lipinski definition) is 0. The van der Waals surface area contributed by atoms with Gasteiger partial charge in [-0.15, -0.1) is 0 Å². The van der Waals surface area contributed by atoms with Crippen LogP contribution in [-0.2, 0) is 4.74 Å². The van der Waals surface area contributed by atoms with Crippen molar-refractivity contribution >= 4 is 5.82 Å². The molecule has 0 spiro atoms. The Kier molecular flexibility index (Phi) is 4.53. The Labute approximate surface area is 108 Å². The fourth-order valence-electron chi connectivity index (χ4n) is 2.32. The van der Waals surface area contributed by atoms with Crippen molar-refractivity contribution in [1.82, 2.24) is 4.98 Å². The minimum Gasteiger partial charge on any atom is -0.378 e. The van der Waals surface area contributed by atoms with Gasteiger partial charge in [0.25, 0.3) is 0 Å². The van der Waals surface area contributed by atoms with Gasteiger partial charge in [0.15, 0.2) is 11.6 Å². The van der Waals surface area contributed by atoms with E-state index in [1.54, 1.807) is 6.07 Å². The van der Waals surface area contributed by atoms with Crippen molar-refractivity contribution in [1.29, 1.82) is 0 Å². The second kappa shape index (κ2) is 6.14. The summed E-state index contributed by atoms with van der Waals surface area (Å²) in [7, 11) is 0. The molecule has 0 bridgehead atoms. The van der Waals surface area contributed by atoms with Gasteiger partial charge < -0.3 is 9.64 Å². The maximum absolute atomic E-state index is 14.1. The van der Waals surface area contributed by atoms with E-state index in [1.165, 1.54) is 0 Å². The van der Waals surface area contributed by atoms with Crippen LogP contribution in [0.15, 0.2) is 12.3 Å². The Morgan fingerprint density at radius 3 is 2.78 bits per heavy atom. The fraction of sp³-hybridized carbons (Fsp3) is 0.643. The van der Waals surface area contributed by atoms with Gasteiger partial charge in [-0.2, -0.15) is 0 Å². The maximum Gasteiger partial charge on any atom is 0.165 e. The van der Waals surface area contributed by atoms with Gasteiger partial charge in [-0.25, -0.2) is 9.37 Å². The van der Waals surface area contributed by atoms with E-state index >= 15 is 0 Å². The van der Waals surface area contributed by atoms with Crippen LogP contribution < -0.4 is 4.90 Å². The molecule has 1 aromatic heterocycles. The first-order chi connectivity index (χ1) is 8.72. The van der Waals surface area contributed by atoms with Gasteiger partial charge in [-0.05, 0) is 24.0 Å². The van der Waals surface area contributed by atoms with Gasteiger partial charge in [0, 0.05) is 19.3 Å². The summed E-state index contributed by atoms with van der Waals surface area (Å²) in [5.41, 5.74) is 0.992. The number of halogens is 1. The van der Waals surface area contributed by atoms with Crippen molar-refractivity contribution in [3.63, 3.8) is 0 Å². The van der Waals surface area contributed by atoms with Crippen molar-refractivity contribution in [3.8, 4) is 0 Å². The number of pyridine rings is 1. The Hall–Kier alpha value is -1.16. The fourth-order valence-corrected chi connectivity index (χ4v) is 2.32. The number of morpholine rings is 1. The highest BCUT2D eigenvalue weighted by atomic mass is 19.1. The Bertz CT molecular complexity index is 391. The molecule has 2 heterocycles. The molecule has 0 N–H and O–H groups in total. The van der Waals surface area contributed by atoms with Gasteiger partial charge in [0.1, 0.15) is 0 Å². The van der Waals surface area contributed by atoms with Crippen LogP contribution in [0.3, 0.4) is 0 Å². The average Bonchev–Trinajstić information content (AvgIpc) is 2.40. The lowest BCUT2D eigenvalue weighted by Gasteiger charge is -2.28. The third-order valence-electron chi connectivity index (χ3n) is 3.44. The number of rotatable bonds is 4. The summed E-state index contributed by atoms with van der Waals surface area (Å²) in [6.45, 7) is 6.99. The standard InChI is InChI=1S/C14H21FN2O/c1-3-4-11(2)12-9-13(15)14(16-10-12)17-5-7-18-8-6-17/h9-11H,3-8H2,1-2H3. The van der Waals surface area contributed by atoms with E-state index in [1.807, 2.05) is 11.1 Å². The monoisotopic (exact) mass is 252 g/mol. The molecule has 1 saturated heterocycles. The predicted molar refractivity (Wildman–Crippen MR) is 70.6 cm³/mol. The van der Waals surface area contributed by atoms with Crippen LogP contribution in [0.1, 0.15) is 38.2 Å². The van der Waals surface area contributed by atoms with Crippen molar-refractivity contribution in [2.24, 2.45) is 0 Å². The van der Waals surface area contributed by atoms with E-state index in [9.17, 15) is 4.39 Å². The molecule has 1 fully saturated rings. The smallest absolute Gasteiger partial charge is 0.165 e. The van der Waals surface area contributed by atoms with Crippen LogP contribution in [0, 0.1) is 5.82 Å². The van der Waals surface area contributed by atoms with E-state index in [-0.39, 0.29) is 5.82 Å². The molecular weight excluding hydrogens is 231 g/mol. The highest BCUT2D eigenvalue weighted by molar-refractivity contribution is 5.42. The predicted octanol–water partition coefficient (Wildman–Crippen LogP) is 2.96. The molecule has 1 aliphatic rings. The molecule has 3 nitrogen and oxygen atoms in total. The number of ether oxygens (including phenoxy) is 1. The minimum atomic E-state index is -0.211. The summed E-state index contributed by atoms with van der Waals surface area (Å²) in [5, 5.41) is 0. The van der Waals surface area contributed by atoms with Gasteiger partial charge in [-0.1, -0.05) is 20.3 Å². The van der Waals surface area contributed by atoms with E-state index in [4.69, 9.17) is 4.74 Å². The second-order valence-corrected chi connectivity index (χ2v) is 4.86. The number of anilines is 1. The summed E-state index contributed by atoms with van der Waals surface area (Å²) in [6.07, 6.45) is 3.99. The molecule has 1 atom stereocenters. The SMILES string of the molecule is CCCC(C)c1cnc(N2CCOCC2)c(F)c1. The lowest BCUT2D eigenvalue weighted by molar-refractivity contribution is 0.122. The van der Waals surface area contributed by atoms with Crippen molar-refractivity contribution in [2.45, 2.75) is 32.6 Å². The first-order valence-electron chi connectivity index (χ1n) is 6.70. The summed E-state index contributed by atoms with van der Waals surface area (Å²) in [4.78, 5) is 6.25. The van der Waals surface area contributed by atoms with E-state index in [0.29, 0.717) is 38.0 Å². The molecule has 1 unspecified atom stereocenters. The highest BCUT2D eigenvalue weighted by Crippen LogP contribution is 2.24. The van der Waals surface area contributed by atoms with Gasteiger partial charge in [0.2, 0.25) is 0 Å². The molecule has 0 amide bonds. The Morgan fingerprint density at radius 1 is 1.44 bits per heavy atom. The quantitative estimate of drug-likeness (QED) is 0.823. The van der Waals surface area contributed by atoms with E-state index < -0.39 is 0 Å². The Balaban J connectivity index is 2.13. The summed E-state index contributed by atoms with van der Waals surface area (Å²) < 4.78 is 19.4. The summed E-state index contributed by atoms with van der Waals surface area (Å²) in [6, 6.07) is 1.64. The largest absolute Gasteiger partial charge is 0.378 e. The lowest BCUT2D eigenvalue weighted by atomic mass is 9.98. The zero-order chi connectivity index (χ0) is 13.0. The minimum absolute atomic E-state index is 0.211. The van der Waals surface area contributed by atoms with E-state index in [0.717, 1.165) is 18.4 Å². The normalized spacial score (nSPS) is 17.8. The third-order valence-corrected chi connectivity index (χ3v) is 3.44. The molecule has 100 valence electrons. The third kappa shape index (κ3) is 2.99. The summed E-state index contributed by atoms with van der Waals surface area (Å²) >= 11 is 0. The molecule has 1 aromatic rings. The molecule has 4 heteroatoms. The van der Waals surface area contributed by atoms with Crippen LogP contribution in [0.25, 0.3) is 0 Å². The zero-order valence-electron chi connectivity index (χ0n) is 11.2. The topological polar surface area (TPSA) is 25.4 Å².